The molecule has 0 unspecified atom stereocenters. The van der Waals surface area contributed by atoms with Crippen LogP contribution in [0.25, 0.3) is 0 Å². The number of rotatable bonds is 2. The van der Waals surface area contributed by atoms with E-state index >= 15 is 0 Å². The first-order chi connectivity index (χ1) is 6.50. The molecule has 0 atom stereocenters. The van der Waals surface area contributed by atoms with Crippen LogP contribution in [0.1, 0.15) is 17.3 Å². The van der Waals surface area contributed by atoms with Gasteiger partial charge in [0.1, 0.15) is 11.3 Å². The van der Waals surface area contributed by atoms with Crippen molar-refractivity contribution in [2.75, 3.05) is 5.32 Å². The van der Waals surface area contributed by atoms with Gasteiger partial charge in [-0.05, 0) is 12.1 Å². The van der Waals surface area contributed by atoms with Gasteiger partial charge in [0.25, 0.3) is 0 Å². The van der Waals surface area contributed by atoms with E-state index in [1.54, 1.807) is 0 Å². The zero-order valence-corrected chi connectivity index (χ0v) is 11.8. The van der Waals surface area contributed by atoms with Crippen LogP contribution in [0.3, 0.4) is 0 Å². The normalized spacial score (nSPS) is 8.87. The summed E-state index contributed by atoms with van der Waals surface area (Å²) in [6, 6.07) is 3.82. The number of carboxylic acid groups (broad SMARTS) is 1. The van der Waals surface area contributed by atoms with Gasteiger partial charge in [-0.25, -0.2) is 4.79 Å². The van der Waals surface area contributed by atoms with Gasteiger partial charge < -0.3 is 15.5 Å². The number of carboxylic acids is 1. The van der Waals surface area contributed by atoms with E-state index in [9.17, 15) is 14.7 Å². The van der Waals surface area contributed by atoms with Crippen molar-refractivity contribution in [3.05, 3.63) is 23.8 Å². The molecule has 0 spiro atoms. The molecule has 6 heteroatoms. The van der Waals surface area contributed by atoms with Crippen molar-refractivity contribution >= 4 is 44.9 Å². The Hall–Kier alpha value is -1.12. The Morgan fingerprint density at radius 1 is 1.33 bits per heavy atom. The van der Waals surface area contributed by atoms with Crippen LogP contribution in [-0.4, -0.2) is 49.4 Å². The topological polar surface area (TPSA) is 86.6 Å². The van der Waals surface area contributed by atoms with E-state index in [0.29, 0.717) is 5.69 Å². The fraction of sp³-hybridized carbons (Fsp3) is 0.111. The Bertz CT molecular complexity index is 392. The number of nitrogens with one attached hydrogen (secondary N) is 1. The summed E-state index contributed by atoms with van der Waals surface area (Å²) in [6.45, 7) is 1.32. The molecule has 78 valence electrons. The van der Waals surface area contributed by atoms with Crippen molar-refractivity contribution in [1.82, 2.24) is 0 Å². The molecule has 3 N–H and O–H groups in total. The Kier molecular flexibility index (Phi) is 5.26. The second-order valence-corrected chi connectivity index (χ2v) is 2.72. The number of amides is 1. The van der Waals surface area contributed by atoms with Crippen molar-refractivity contribution < 1.29 is 19.8 Å². The maximum atomic E-state index is 10.6. The van der Waals surface area contributed by atoms with Crippen molar-refractivity contribution in [1.29, 1.82) is 0 Å². The fourth-order valence-corrected chi connectivity index (χ4v) is 0.994. The Balaban J connectivity index is 0.00000196. The molecule has 1 amide bonds. The average Bonchev–Trinajstić information content (AvgIpc) is 2.01. The summed E-state index contributed by atoms with van der Waals surface area (Å²) in [7, 11) is 0. The average molecular weight is 402 g/mol. The molecule has 0 aliphatic heterocycles. The van der Waals surface area contributed by atoms with Crippen LogP contribution < -0.4 is 5.32 Å². The SMILES string of the molecule is CC(=O)Nc1ccc(C(=O)O)c(O)c1.[Pb]. The van der Waals surface area contributed by atoms with Crippen LogP contribution in [0.15, 0.2) is 18.2 Å². The second kappa shape index (κ2) is 5.69. The number of aromatic carboxylic acids is 1. The van der Waals surface area contributed by atoms with Crippen LogP contribution in [0.2, 0.25) is 0 Å². The number of carbonyl (C=O) groups is 2. The molecule has 0 heterocycles. The molecule has 15 heavy (non-hydrogen) atoms. The quantitative estimate of drug-likeness (QED) is 0.635. The van der Waals surface area contributed by atoms with E-state index in [-0.39, 0.29) is 44.5 Å². The molecule has 0 bridgehead atoms. The number of hydrogen-bond donors (Lipinski definition) is 3. The summed E-state index contributed by atoms with van der Waals surface area (Å²) >= 11 is 0. The standard InChI is InChI=1S/C9H9NO4.Pb/c1-5(11)10-6-2-3-7(9(13)14)8(12)4-6;/h2-4,12H,1H3,(H,10,11)(H,13,14);. The van der Waals surface area contributed by atoms with Gasteiger partial charge >= 0.3 is 5.97 Å². The van der Waals surface area contributed by atoms with Gasteiger partial charge in [-0.3, -0.25) is 4.79 Å². The van der Waals surface area contributed by atoms with Crippen LogP contribution in [-0.2, 0) is 4.79 Å². The third kappa shape index (κ3) is 3.86. The van der Waals surface area contributed by atoms with Gasteiger partial charge in [-0.2, -0.15) is 0 Å². The summed E-state index contributed by atoms with van der Waals surface area (Å²) in [4.78, 5) is 21.1. The van der Waals surface area contributed by atoms with Crippen molar-refractivity contribution in [2.45, 2.75) is 6.92 Å². The largest absolute Gasteiger partial charge is 0.507 e. The number of benzene rings is 1. The molecule has 5 nitrogen and oxygen atoms in total. The minimum Gasteiger partial charge on any atom is -0.507 e. The van der Waals surface area contributed by atoms with Crippen LogP contribution in [0, 0.1) is 0 Å². The first-order valence-electron chi connectivity index (χ1n) is 3.84. The number of hydrogen-bond acceptors (Lipinski definition) is 3. The Morgan fingerprint density at radius 3 is 2.33 bits per heavy atom. The van der Waals surface area contributed by atoms with E-state index in [1.807, 2.05) is 0 Å². The predicted octanol–water partition coefficient (Wildman–Crippen LogP) is 0.668. The maximum absolute atomic E-state index is 10.6. The molecular weight excluding hydrogens is 393 g/mol. The van der Waals surface area contributed by atoms with Crippen LogP contribution in [0.4, 0.5) is 5.69 Å². The number of phenols is 1. The van der Waals surface area contributed by atoms with E-state index in [1.165, 1.54) is 25.1 Å². The van der Waals surface area contributed by atoms with E-state index in [4.69, 9.17) is 5.11 Å². The number of carbonyl (C=O) groups excluding carboxylic acids is 1. The molecule has 1 rings (SSSR count). The van der Waals surface area contributed by atoms with E-state index < -0.39 is 5.97 Å². The molecule has 0 saturated heterocycles. The third-order valence-electron chi connectivity index (χ3n) is 1.55. The third-order valence-corrected chi connectivity index (χ3v) is 1.55. The monoisotopic (exact) mass is 403 g/mol. The molecule has 0 aliphatic rings. The summed E-state index contributed by atoms with van der Waals surface area (Å²) in [6.07, 6.45) is 0. The molecule has 4 radical (unpaired) electrons. The van der Waals surface area contributed by atoms with E-state index in [2.05, 4.69) is 5.32 Å². The van der Waals surface area contributed by atoms with E-state index in [0.717, 1.165) is 0 Å². The summed E-state index contributed by atoms with van der Waals surface area (Å²) in [5.41, 5.74) is 0.166. The van der Waals surface area contributed by atoms with Crippen molar-refractivity contribution in [2.24, 2.45) is 0 Å². The van der Waals surface area contributed by atoms with Gasteiger partial charge in [0.15, 0.2) is 0 Å². The molecule has 0 aromatic heterocycles. The molecular formula is C9H9NO4Pb. The molecule has 1 aromatic rings. The first kappa shape index (κ1) is 13.9. The zero-order chi connectivity index (χ0) is 10.7. The first-order valence-corrected chi connectivity index (χ1v) is 3.84. The number of aromatic hydroxyl groups is 1. The van der Waals surface area contributed by atoms with Crippen LogP contribution in [0.5, 0.6) is 5.75 Å². The number of anilines is 1. The molecule has 0 saturated carbocycles. The van der Waals surface area contributed by atoms with Gasteiger partial charge in [0.05, 0.1) is 0 Å². The fourth-order valence-electron chi connectivity index (χ4n) is 0.994. The molecule has 1 aromatic carbocycles. The zero-order valence-electron chi connectivity index (χ0n) is 7.94. The summed E-state index contributed by atoms with van der Waals surface area (Å²) in [5, 5.41) is 20.3. The second-order valence-electron chi connectivity index (χ2n) is 2.72. The van der Waals surface area contributed by atoms with Gasteiger partial charge in [0.2, 0.25) is 5.91 Å². The Labute approximate surface area is 106 Å². The minimum absolute atomic E-state index is 0. The molecule has 0 fully saturated rings. The van der Waals surface area contributed by atoms with Crippen molar-refractivity contribution in [3.8, 4) is 5.75 Å². The summed E-state index contributed by atoms with van der Waals surface area (Å²) in [5.74, 6) is -1.87. The van der Waals surface area contributed by atoms with Gasteiger partial charge in [-0.1, -0.05) is 0 Å². The van der Waals surface area contributed by atoms with Crippen LogP contribution >= 0.6 is 0 Å². The predicted molar refractivity (Wildman–Crippen MR) is 55.1 cm³/mol. The summed E-state index contributed by atoms with van der Waals surface area (Å²) < 4.78 is 0. The smallest absolute Gasteiger partial charge is 0.339 e. The van der Waals surface area contributed by atoms with Gasteiger partial charge in [-0.15, -0.1) is 0 Å². The van der Waals surface area contributed by atoms with Crippen molar-refractivity contribution in [3.63, 3.8) is 0 Å². The molecule has 0 aliphatic carbocycles. The Morgan fingerprint density at radius 2 is 1.93 bits per heavy atom. The maximum Gasteiger partial charge on any atom is 0.339 e. The minimum atomic E-state index is -1.21. The van der Waals surface area contributed by atoms with Gasteiger partial charge in [0, 0.05) is 46.0 Å².